The smallest absolute Gasteiger partial charge is 0.154 e. The first kappa shape index (κ1) is 14.4. The summed E-state index contributed by atoms with van der Waals surface area (Å²) >= 11 is 0. The van der Waals surface area contributed by atoms with Crippen molar-refractivity contribution in [1.29, 1.82) is 0 Å². The van der Waals surface area contributed by atoms with E-state index in [4.69, 9.17) is 9.47 Å². The maximum absolute atomic E-state index is 11.4. The van der Waals surface area contributed by atoms with Crippen LogP contribution in [0, 0.1) is 0 Å². The second kappa shape index (κ2) is 6.94. The SMILES string of the molecule is CCCOc1ccc2c(C=O)c(OCCC)ccc2c1. The summed E-state index contributed by atoms with van der Waals surface area (Å²) < 4.78 is 11.2. The first-order valence-corrected chi connectivity index (χ1v) is 7.07. The number of hydrogen-bond donors (Lipinski definition) is 0. The number of benzene rings is 2. The van der Waals surface area contributed by atoms with Crippen molar-refractivity contribution in [2.45, 2.75) is 26.7 Å². The molecule has 0 aliphatic heterocycles. The fourth-order valence-corrected chi connectivity index (χ4v) is 2.08. The minimum atomic E-state index is 0.609. The third-order valence-electron chi connectivity index (χ3n) is 3.05. The monoisotopic (exact) mass is 272 g/mol. The van der Waals surface area contributed by atoms with Gasteiger partial charge < -0.3 is 9.47 Å². The third-order valence-corrected chi connectivity index (χ3v) is 3.05. The number of fused-ring (bicyclic) bond motifs is 1. The third kappa shape index (κ3) is 3.10. The second-order valence-corrected chi connectivity index (χ2v) is 4.68. The Morgan fingerprint density at radius 2 is 1.75 bits per heavy atom. The molecule has 3 heteroatoms. The molecule has 0 atom stereocenters. The van der Waals surface area contributed by atoms with Gasteiger partial charge in [-0.2, -0.15) is 0 Å². The molecule has 0 N–H and O–H groups in total. The van der Waals surface area contributed by atoms with Gasteiger partial charge in [-0.3, -0.25) is 4.79 Å². The number of carbonyl (C=O) groups excluding carboxylic acids is 1. The Kier molecular flexibility index (Phi) is 4.99. The summed E-state index contributed by atoms with van der Waals surface area (Å²) in [4.78, 5) is 11.4. The molecule has 0 aliphatic carbocycles. The van der Waals surface area contributed by atoms with Crippen LogP contribution in [0.3, 0.4) is 0 Å². The largest absolute Gasteiger partial charge is 0.494 e. The molecule has 0 saturated carbocycles. The molecular weight excluding hydrogens is 252 g/mol. The molecule has 0 spiro atoms. The van der Waals surface area contributed by atoms with E-state index in [9.17, 15) is 4.79 Å². The van der Waals surface area contributed by atoms with Crippen LogP contribution in [0.25, 0.3) is 10.8 Å². The van der Waals surface area contributed by atoms with E-state index in [1.54, 1.807) is 0 Å². The van der Waals surface area contributed by atoms with Gasteiger partial charge in [0.1, 0.15) is 11.5 Å². The summed E-state index contributed by atoms with van der Waals surface area (Å²) in [5.41, 5.74) is 0.609. The summed E-state index contributed by atoms with van der Waals surface area (Å²) in [5, 5.41) is 1.89. The average molecular weight is 272 g/mol. The Balaban J connectivity index is 2.39. The summed E-state index contributed by atoms with van der Waals surface area (Å²) in [5.74, 6) is 1.48. The lowest BCUT2D eigenvalue weighted by atomic mass is 10.0. The Morgan fingerprint density at radius 3 is 2.45 bits per heavy atom. The Labute approximate surface area is 119 Å². The van der Waals surface area contributed by atoms with Crippen molar-refractivity contribution in [3.8, 4) is 11.5 Å². The number of hydrogen-bond acceptors (Lipinski definition) is 3. The molecule has 0 aliphatic rings. The molecule has 0 unspecified atom stereocenters. The van der Waals surface area contributed by atoms with Crippen LogP contribution >= 0.6 is 0 Å². The van der Waals surface area contributed by atoms with E-state index in [1.807, 2.05) is 37.3 Å². The van der Waals surface area contributed by atoms with Crippen LogP contribution in [0.4, 0.5) is 0 Å². The van der Waals surface area contributed by atoms with Gasteiger partial charge in [0.15, 0.2) is 6.29 Å². The maximum Gasteiger partial charge on any atom is 0.154 e. The van der Waals surface area contributed by atoms with Crippen LogP contribution in [0.1, 0.15) is 37.0 Å². The minimum Gasteiger partial charge on any atom is -0.494 e. The highest BCUT2D eigenvalue weighted by Crippen LogP contribution is 2.29. The number of rotatable bonds is 7. The highest BCUT2D eigenvalue weighted by molar-refractivity contribution is 6.01. The van der Waals surface area contributed by atoms with E-state index < -0.39 is 0 Å². The molecule has 2 aromatic carbocycles. The second-order valence-electron chi connectivity index (χ2n) is 4.68. The average Bonchev–Trinajstić information content (AvgIpc) is 2.49. The zero-order chi connectivity index (χ0) is 14.4. The fourth-order valence-electron chi connectivity index (χ4n) is 2.08. The van der Waals surface area contributed by atoms with Crippen LogP contribution in [-0.4, -0.2) is 19.5 Å². The number of carbonyl (C=O) groups is 1. The van der Waals surface area contributed by atoms with Gasteiger partial charge in [-0.15, -0.1) is 0 Å². The predicted octanol–water partition coefficient (Wildman–Crippen LogP) is 4.23. The summed E-state index contributed by atoms with van der Waals surface area (Å²) in [6.07, 6.45) is 2.75. The van der Waals surface area contributed by atoms with Crippen molar-refractivity contribution >= 4 is 17.1 Å². The quantitative estimate of drug-likeness (QED) is 0.707. The standard InChI is InChI=1S/C17H20O3/c1-3-9-19-14-6-7-15-13(11-14)5-8-17(16(15)12-18)20-10-4-2/h5-8,11-12H,3-4,9-10H2,1-2H3. The van der Waals surface area contributed by atoms with E-state index in [-0.39, 0.29) is 0 Å². The van der Waals surface area contributed by atoms with E-state index in [2.05, 4.69) is 6.92 Å². The number of ether oxygens (including phenoxy) is 2. The zero-order valence-corrected chi connectivity index (χ0v) is 12.0. The molecule has 0 heterocycles. The Bertz CT molecular complexity index is 590. The summed E-state index contributed by atoms with van der Waals surface area (Å²) in [7, 11) is 0. The molecule has 3 nitrogen and oxygen atoms in total. The molecule has 20 heavy (non-hydrogen) atoms. The molecule has 0 amide bonds. The molecule has 2 aromatic rings. The molecule has 106 valence electrons. The van der Waals surface area contributed by atoms with Gasteiger partial charge in [-0.1, -0.05) is 19.9 Å². The lowest BCUT2D eigenvalue weighted by Gasteiger charge is -2.11. The van der Waals surface area contributed by atoms with Gasteiger partial charge in [0, 0.05) is 0 Å². The van der Waals surface area contributed by atoms with Crippen molar-refractivity contribution in [2.75, 3.05) is 13.2 Å². The maximum atomic E-state index is 11.4. The molecule has 0 bridgehead atoms. The van der Waals surface area contributed by atoms with Crippen molar-refractivity contribution < 1.29 is 14.3 Å². The highest BCUT2D eigenvalue weighted by Gasteiger charge is 2.09. The lowest BCUT2D eigenvalue weighted by molar-refractivity contribution is 0.112. The predicted molar refractivity (Wildman–Crippen MR) is 80.9 cm³/mol. The summed E-state index contributed by atoms with van der Waals surface area (Å²) in [6, 6.07) is 9.59. The molecule has 0 aromatic heterocycles. The number of aldehydes is 1. The van der Waals surface area contributed by atoms with Gasteiger partial charge in [0.2, 0.25) is 0 Å². The fraction of sp³-hybridized carbons (Fsp3) is 0.353. The van der Waals surface area contributed by atoms with Crippen LogP contribution in [-0.2, 0) is 0 Å². The van der Waals surface area contributed by atoms with Crippen LogP contribution in [0.2, 0.25) is 0 Å². The molecular formula is C17H20O3. The topological polar surface area (TPSA) is 35.5 Å². The van der Waals surface area contributed by atoms with Gasteiger partial charge in [0.25, 0.3) is 0 Å². The van der Waals surface area contributed by atoms with E-state index in [1.165, 1.54) is 0 Å². The normalized spacial score (nSPS) is 10.5. The van der Waals surface area contributed by atoms with E-state index >= 15 is 0 Å². The summed E-state index contributed by atoms with van der Waals surface area (Å²) in [6.45, 7) is 5.43. The van der Waals surface area contributed by atoms with Crippen molar-refractivity contribution in [3.63, 3.8) is 0 Å². The van der Waals surface area contributed by atoms with Gasteiger partial charge >= 0.3 is 0 Å². The van der Waals surface area contributed by atoms with Gasteiger partial charge in [0.05, 0.1) is 18.8 Å². The molecule has 0 saturated heterocycles. The Hall–Kier alpha value is -2.03. The van der Waals surface area contributed by atoms with Crippen molar-refractivity contribution in [3.05, 3.63) is 35.9 Å². The lowest BCUT2D eigenvalue weighted by Crippen LogP contribution is -1.99. The van der Waals surface area contributed by atoms with Crippen LogP contribution in [0.15, 0.2) is 30.3 Å². The zero-order valence-electron chi connectivity index (χ0n) is 12.0. The Morgan fingerprint density at radius 1 is 1.00 bits per heavy atom. The first-order valence-electron chi connectivity index (χ1n) is 7.07. The molecule has 0 radical (unpaired) electrons. The molecule has 0 fully saturated rings. The first-order chi connectivity index (χ1) is 9.80. The van der Waals surface area contributed by atoms with Crippen LogP contribution < -0.4 is 9.47 Å². The van der Waals surface area contributed by atoms with Crippen molar-refractivity contribution in [2.24, 2.45) is 0 Å². The van der Waals surface area contributed by atoms with Gasteiger partial charge in [-0.05, 0) is 47.9 Å². The van der Waals surface area contributed by atoms with Crippen LogP contribution in [0.5, 0.6) is 11.5 Å². The van der Waals surface area contributed by atoms with E-state index in [0.29, 0.717) is 24.5 Å². The highest BCUT2D eigenvalue weighted by atomic mass is 16.5. The minimum absolute atomic E-state index is 0.609. The van der Waals surface area contributed by atoms with Gasteiger partial charge in [-0.25, -0.2) is 0 Å². The van der Waals surface area contributed by atoms with E-state index in [0.717, 1.165) is 35.6 Å². The molecule has 2 rings (SSSR count). The van der Waals surface area contributed by atoms with Crippen molar-refractivity contribution in [1.82, 2.24) is 0 Å².